The van der Waals surface area contributed by atoms with Crippen molar-refractivity contribution >= 4 is 63.7 Å². The average molecular weight is 576 g/mol. The maximum Gasteiger partial charge on any atom is 0.0381 e. The minimum Gasteiger partial charge on any atom is -0.0844 e. The molecule has 0 heterocycles. The van der Waals surface area contributed by atoms with Gasteiger partial charge in [0, 0.05) is 17.3 Å². The standard InChI is InChI=1S/C20H16Br4/c21-17-7-3-1-2-4(7)11-13(17)6-5-12(17)10(3)18(22)8(1)14-9(2)19(11,23)16(6)20(14,24)15(5)18/h1-16H. The van der Waals surface area contributed by atoms with E-state index in [1.807, 2.05) is 0 Å². The molecule has 0 amide bonds. The van der Waals surface area contributed by atoms with Gasteiger partial charge in [-0.3, -0.25) is 0 Å². The van der Waals surface area contributed by atoms with Gasteiger partial charge in [-0.2, -0.15) is 0 Å². The highest BCUT2D eigenvalue weighted by Gasteiger charge is 3.08. The van der Waals surface area contributed by atoms with E-state index in [2.05, 4.69) is 63.7 Å². The Morgan fingerprint density at radius 2 is 0.750 bits per heavy atom. The van der Waals surface area contributed by atoms with E-state index in [0.717, 1.165) is 94.7 Å². The summed E-state index contributed by atoms with van der Waals surface area (Å²) in [6.45, 7) is 0. The van der Waals surface area contributed by atoms with Crippen molar-refractivity contribution in [3.63, 3.8) is 0 Å². The molecular formula is C20H16Br4. The topological polar surface area (TPSA) is 0 Å². The Balaban J connectivity index is 1.48. The van der Waals surface area contributed by atoms with E-state index in [1.54, 1.807) is 0 Å². The number of rotatable bonds is 0. The van der Waals surface area contributed by atoms with Gasteiger partial charge in [-0.15, -0.1) is 0 Å². The summed E-state index contributed by atoms with van der Waals surface area (Å²) >= 11 is 18.5. The van der Waals surface area contributed by atoms with E-state index in [-0.39, 0.29) is 0 Å². The van der Waals surface area contributed by atoms with Crippen molar-refractivity contribution in [2.75, 3.05) is 0 Å². The molecule has 0 saturated heterocycles. The fourth-order valence-corrected chi connectivity index (χ4v) is 23.2. The molecule has 16 unspecified atom stereocenters. The molecule has 124 valence electrons. The van der Waals surface area contributed by atoms with Crippen molar-refractivity contribution in [2.24, 2.45) is 94.7 Å². The molecule has 0 nitrogen and oxygen atoms in total. The van der Waals surface area contributed by atoms with Crippen LogP contribution in [0.25, 0.3) is 0 Å². The zero-order chi connectivity index (χ0) is 15.2. The van der Waals surface area contributed by atoms with Gasteiger partial charge in [0.25, 0.3) is 0 Å². The van der Waals surface area contributed by atoms with Crippen molar-refractivity contribution in [3.05, 3.63) is 0 Å². The Hall–Kier alpha value is 1.92. The Morgan fingerprint density at radius 1 is 0.333 bits per heavy atom. The average Bonchev–Trinajstić information content (AvgIpc) is 3.25. The highest BCUT2D eigenvalue weighted by atomic mass is 79.9. The second kappa shape index (κ2) is 2.61. The molecule has 24 heavy (non-hydrogen) atoms. The van der Waals surface area contributed by atoms with Crippen LogP contribution < -0.4 is 0 Å². The monoisotopic (exact) mass is 572 g/mol. The number of hydrogen-bond acceptors (Lipinski definition) is 0. The zero-order valence-electron chi connectivity index (χ0n) is 12.7. The van der Waals surface area contributed by atoms with Crippen LogP contribution in [-0.2, 0) is 0 Å². The molecular weight excluding hydrogens is 560 g/mol. The lowest BCUT2D eigenvalue weighted by atomic mass is 9.77. The molecule has 12 saturated carbocycles. The number of hydrogen-bond donors (Lipinski definition) is 0. The van der Waals surface area contributed by atoms with Crippen LogP contribution in [-0.4, -0.2) is 17.3 Å². The SMILES string of the molecule is BrC12C3C4C5C6C3C3C1C1C7C2C4C2(Br)C5C4C6C3(Br)C1C4(Br)C72. The van der Waals surface area contributed by atoms with Crippen LogP contribution in [0, 0.1) is 94.7 Å². The van der Waals surface area contributed by atoms with Gasteiger partial charge in [0.05, 0.1) is 0 Å². The van der Waals surface area contributed by atoms with E-state index in [9.17, 15) is 0 Å². The molecule has 0 aromatic rings. The van der Waals surface area contributed by atoms with Crippen molar-refractivity contribution in [3.8, 4) is 0 Å². The van der Waals surface area contributed by atoms with Crippen LogP contribution in [0.4, 0.5) is 0 Å². The predicted molar refractivity (Wildman–Crippen MR) is 102 cm³/mol. The summed E-state index contributed by atoms with van der Waals surface area (Å²) in [4.78, 5) is 0. The fraction of sp³-hybridized carbons (Fsp3) is 1.00. The van der Waals surface area contributed by atoms with Gasteiger partial charge >= 0.3 is 0 Å². The lowest BCUT2D eigenvalue weighted by Gasteiger charge is -2.39. The lowest BCUT2D eigenvalue weighted by molar-refractivity contribution is 0.204. The Labute approximate surface area is 174 Å². The molecule has 0 aromatic heterocycles. The van der Waals surface area contributed by atoms with Gasteiger partial charge in [0.15, 0.2) is 0 Å². The minimum absolute atomic E-state index is 0.506. The van der Waals surface area contributed by atoms with Crippen molar-refractivity contribution in [1.29, 1.82) is 0 Å². The minimum atomic E-state index is 0.506. The molecule has 0 aromatic carbocycles. The van der Waals surface area contributed by atoms with Crippen molar-refractivity contribution < 1.29 is 0 Å². The van der Waals surface area contributed by atoms with Crippen LogP contribution in [0.3, 0.4) is 0 Å². The van der Waals surface area contributed by atoms with E-state index in [4.69, 9.17) is 0 Å². The molecule has 4 heteroatoms. The highest BCUT2D eigenvalue weighted by molar-refractivity contribution is 9.11. The quantitative estimate of drug-likeness (QED) is 0.373. The molecule has 12 fully saturated rings. The van der Waals surface area contributed by atoms with Gasteiger partial charge in [-0.05, 0) is 94.7 Å². The molecule has 16 atom stereocenters. The van der Waals surface area contributed by atoms with Gasteiger partial charge in [0.2, 0.25) is 0 Å². The molecule has 0 N–H and O–H groups in total. The molecule has 12 rings (SSSR count). The summed E-state index contributed by atoms with van der Waals surface area (Å²) in [6, 6.07) is 0. The summed E-state index contributed by atoms with van der Waals surface area (Å²) < 4.78 is 2.14. The lowest BCUT2D eigenvalue weighted by Crippen LogP contribution is -2.43. The summed E-state index contributed by atoms with van der Waals surface area (Å²) in [5.74, 6) is 16.7. The van der Waals surface area contributed by atoms with E-state index >= 15 is 0 Å². The van der Waals surface area contributed by atoms with Crippen molar-refractivity contribution in [1.82, 2.24) is 0 Å². The summed E-state index contributed by atoms with van der Waals surface area (Å²) in [6.07, 6.45) is 0. The molecule has 0 spiro atoms. The third-order valence-corrected chi connectivity index (χ3v) is 19.6. The first-order valence-corrected chi connectivity index (χ1v) is 13.4. The zero-order valence-corrected chi connectivity index (χ0v) is 19.1. The van der Waals surface area contributed by atoms with E-state index in [1.165, 1.54) is 0 Å². The third kappa shape index (κ3) is 0.590. The summed E-state index contributed by atoms with van der Waals surface area (Å²) in [7, 11) is 0. The summed E-state index contributed by atoms with van der Waals surface area (Å²) in [5, 5.41) is 0. The second-order valence-electron chi connectivity index (χ2n) is 11.9. The first kappa shape index (κ1) is 12.5. The normalized spacial score (nSPS) is 104. The molecule has 12 aliphatic carbocycles. The van der Waals surface area contributed by atoms with Crippen LogP contribution in [0.1, 0.15) is 0 Å². The Morgan fingerprint density at radius 3 is 1.25 bits per heavy atom. The summed E-state index contributed by atoms with van der Waals surface area (Å²) in [5.41, 5.74) is 0. The fourth-order valence-electron chi connectivity index (χ4n) is 15.1. The highest BCUT2D eigenvalue weighted by Crippen LogP contribution is 3.07. The molecule has 0 bridgehead atoms. The smallest absolute Gasteiger partial charge is 0.0381 e. The van der Waals surface area contributed by atoms with Crippen LogP contribution in [0.2, 0.25) is 0 Å². The largest absolute Gasteiger partial charge is 0.0844 e. The molecule has 0 radical (unpaired) electrons. The first-order chi connectivity index (χ1) is 11.5. The maximum atomic E-state index is 4.63. The van der Waals surface area contributed by atoms with E-state index < -0.39 is 0 Å². The number of halogens is 4. The molecule has 0 aliphatic heterocycles. The van der Waals surface area contributed by atoms with E-state index in [0.29, 0.717) is 17.3 Å². The Bertz CT molecular complexity index is 838. The maximum absolute atomic E-state index is 4.63. The first-order valence-electron chi connectivity index (χ1n) is 10.2. The molecule has 12 aliphatic rings. The predicted octanol–water partition coefficient (Wildman–Crippen LogP) is 4.53. The van der Waals surface area contributed by atoms with Crippen LogP contribution >= 0.6 is 63.7 Å². The van der Waals surface area contributed by atoms with Gasteiger partial charge in [-0.25, -0.2) is 0 Å². The number of alkyl halides is 4. The van der Waals surface area contributed by atoms with Gasteiger partial charge in [0.1, 0.15) is 0 Å². The van der Waals surface area contributed by atoms with Crippen molar-refractivity contribution in [2.45, 2.75) is 17.3 Å². The van der Waals surface area contributed by atoms with Gasteiger partial charge < -0.3 is 0 Å². The van der Waals surface area contributed by atoms with Gasteiger partial charge in [-0.1, -0.05) is 63.7 Å². The van der Waals surface area contributed by atoms with Crippen LogP contribution in [0.5, 0.6) is 0 Å². The second-order valence-corrected chi connectivity index (χ2v) is 17.4. The third-order valence-electron chi connectivity index (χ3n) is 13.4. The van der Waals surface area contributed by atoms with Crippen LogP contribution in [0.15, 0.2) is 0 Å². The Kier molecular flexibility index (Phi) is 1.36.